The smallest absolute Gasteiger partial charge is 0.230 e. The summed E-state index contributed by atoms with van der Waals surface area (Å²) in [5.74, 6) is -0.650. The lowest BCUT2D eigenvalue weighted by molar-refractivity contribution is -0.117. The van der Waals surface area contributed by atoms with Crippen LogP contribution >= 0.6 is 23.1 Å². The molecule has 0 bridgehead atoms. The van der Waals surface area contributed by atoms with Crippen LogP contribution in [0.15, 0.2) is 41.7 Å². The SMILES string of the molecule is C[C@H](Sc1ncnc2cc(-c3ccc(F)cc3)sc12)C(N)=O. The molecule has 0 fully saturated rings. The summed E-state index contributed by atoms with van der Waals surface area (Å²) in [5, 5.41) is 0.365. The molecule has 0 radical (unpaired) electrons. The molecule has 0 aliphatic carbocycles. The van der Waals surface area contributed by atoms with Crippen LogP contribution in [0.5, 0.6) is 0 Å². The number of hydrogen-bond acceptors (Lipinski definition) is 5. The van der Waals surface area contributed by atoms with Gasteiger partial charge in [0.25, 0.3) is 0 Å². The molecule has 3 aromatic rings. The average molecular weight is 333 g/mol. The summed E-state index contributed by atoms with van der Waals surface area (Å²) in [5.41, 5.74) is 7.03. The minimum atomic E-state index is -0.382. The highest BCUT2D eigenvalue weighted by atomic mass is 32.2. The number of halogens is 1. The molecule has 0 spiro atoms. The van der Waals surface area contributed by atoms with Gasteiger partial charge in [0.15, 0.2) is 0 Å². The van der Waals surface area contributed by atoms with Crippen molar-refractivity contribution < 1.29 is 9.18 Å². The normalized spacial score (nSPS) is 12.5. The van der Waals surface area contributed by atoms with E-state index in [1.807, 2.05) is 6.07 Å². The van der Waals surface area contributed by atoms with Crippen LogP contribution in [0.4, 0.5) is 4.39 Å². The van der Waals surface area contributed by atoms with E-state index in [2.05, 4.69) is 9.97 Å². The van der Waals surface area contributed by atoms with Gasteiger partial charge in [0, 0.05) is 4.88 Å². The molecule has 0 unspecified atom stereocenters. The maximum atomic E-state index is 13.0. The lowest BCUT2D eigenvalue weighted by Gasteiger charge is -2.05. The van der Waals surface area contributed by atoms with E-state index < -0.39 is 0 Å². The van der Waals surface area contributed by atoms with E-state index >= 15 is 0 Å². The maximum Gasteiger partial charge on any atom is 0.230 e. The third-order valence-electron chi connectivity index (χ3n) is 3.10. The van der Waals surface area contributed by atoms with Crippen LogP contribution in [0.1, 0.15) is 6.92 Å². The molecule has 0 aliphatic heterocycles. The number of thioether (sulfide) groups is 1. The summed E-state index contributed by atoms with van der Waals surface area (Å²) in [6, 6.07) is 8.25. The van der Waals surface area contributed by atoms with Gasteiger partial charge >= 0.3 is 0 Å². The Kier molecular flexibility index (Phi) is 4.08. The van der Waals surface area contributed by atoms with Crippen molar-refractivity contribution in [3.05, 3.63) is 42.5 Å². The van der Waals surface area contributed by atoms with Gasteiger partial charge < -0.3 is 5.73 Å². The second kappa shape index (κ2) is 6.02. The quantitative estimate of drug-likeness (QED) is 0.586. The molecular formula is C15H12FN3OS2. The van der Waals surface area contributed by atoms with Crippen molar-refractivity contribution in [1.82, 2.24) is 9.97 Å². The first-order chi connectivity index (χ1) is 10.5. The monoisotopic (exact) mass is 333 g/mol. The van der Waals surface area contributed by atoms with Crippen molar-refractivity contribution in [3.8, 4) is 10.4 Å². The molecule has 2 aromatic heterocycles. The van der Waals surface area contributed by atoms with Crippen molar-refractivity contribution in [1.29, 1.82) is 0 Å². The van der Waals surface area contributed by atoms with Gasteiger partial charge in [-0.1, -0.05) is 23.9 Å². The predicted molar refractivity (Wildman–Crippen MR) is 87.3 cm³/mol. The molecule has 3 rings (SSSR count). The minimum Gasteiger partial charge on any atom is -0.369 e. The molecule has 0 saturated heterocycles. The Morgan fingerprint density at radius 2 is 2.05 bits per heavy atom. The summed E-state index contributed by atoms with van der Waals surface area (Å²) in [4.78, 5) is 20.7. The second-order valence-electron chi connectivity index (χ2n) is 4.67. The molecule has 1 atom stereocenters. The molecule has 0 aliphatic rings. The van der Waals surface area contributed by atoms with E-state index in [-0.39, 0.29) is 17.0 Å². The summed E-state index contributed by atoms with van der Waals surface area (Å²) in [6.07, 6.45) is 1.47. The third kappa shape index (κ3) is 2.95. The Labute approximate surface area is 134 Å². The lowest BCUT2D eigenvalue weighted by atomic mass is 10.2. The molecule has 2 N–H and O–H groups in total. The van der Waals surface area contributed by atoms with Crippen molar-refractivity contribution >= 4 is 39.2 Å². The van der Waals surface area contributed by atoms with Gasteiger partial charge in [0.2, 0.25) is 5.91 Å². The topological polar surface area (TPSA) is 68.9 Å². The van der Waals surface area contributed by atoms with Gasteiger partial charge in [0.1, 0.15) is 17.2 Å². The van der Waals surface area contributed by atoms with Gasteiger partial charge in [-0.2, -0.15) is 0 Å². The number of nitrogens with zero attached hydrogens (tertiary/aromatic N) is 2. The first-order valence-corrected chi connectivity index (χ1v) is 8.20. The molecule has 0 saturated carbocycles. The van der Waals surface area contributed by atoms with Crippen LogP contribution in [-0.2, 0) is 4.79 Å². The number of nitrogens with two attached hydrogens (primary N) is 1. The molecule has 2 heterocycles. The van der Waals surface area contributed by atoms with Crippen molar-refractivity contribution in [2.75, 3.05) is 0 Å². The summed E-state index contributed by atoms with van der Waals surface area (Å²) < 4.78 is 13.9. The number of aromatic nitrogens is 2. The van der Waals surface area contributed by atoms with Gasteiger partial charge in [-0.3, -0.25) is 4.79 Å². The zero-order valence-corrected chi connectivity index (χ0v) is 13.2. The van der Waals surface area contributed by atoms with E-state index in [0.29, 0.717) is 0 Å². The van der Waals surface area contributed by atoms with E-state index in [1.165, 1.54) is 41.6 Å². The number of benzene rings is 1. The largest absolute Gasteiger partial charge is 0.369 e. The van der Waals surface area contributed by atoms with Crippen LogP contribution < -0.4 is 5.73 Å². The number of fused-ring (bicyclic) bond motifs is 1. The third-order valence-corrected chi connectivity index (χ3v) is 5.52. The summed E-state index contributed by atoms with van der Waals surface area (Å²) in [7, 11) is 0. The van der Waals surface area contributed by atoms with Crippen LogP contribution in [0, 0.1) is 5.82 Å². The van der Waals surface area contributed by atoms with Crippen molar-refractivity contribution in [3.63, 3.8) is 0 Å². The Morgan fingerprint density at radius 1 is 1.32 bits per heavy atom. The Balaban J connectivity index is 2.02. The fraction of sp³-hybridized carbons (Fsp3) is 0.133. The number of rotatable bonds is 4. The minimum absolute atomic E-state index is 0.267. The highest BCUT2D eigenvalue weighted by molar-refractivity contribution is 8.00. The number of carbonyl (C=O) groups is 1. The average Bonchev–Trinajstić information content (AvgIpc) is 2.93. The van der Waals surface area contributed by atoms with Crippen LogP contribution in [0.25, 0.3) is 20.7 Å². The van der Waals surface area contributed by atoms with E-state index in [9.17, 15) is 9.18 Å². The highest BCUT2D eigenvalue weighted by Gasteiger charge is 2.16. The highest BCUT2D eigenvalue weighted by Crippen LogP contribution is 2.37. The maximum absolute atomic E-state index is 13.0. The first kappa shape index (κ1) is 14.9. The van der Waals surface area contributed by atoms with Crippen LogP contribution in [0.2, 0.25) is 0 Å². The zero-order valence-electron chi connectivity index (χ0n) is 11.6. The Hall–Kier alpha value is -1.99. The zero-order chi connectivity index (χ0) is 15.7. The standard InChI is InChI=1S/C15H12FN3OS2/c1-8(14(17)20)21-15-13-11(18-7-19-15)6-12(22-13)9-2-4-10(16)5-3-9/h2-8H,1H3,(H2,17,20)/t8-/m0/s1. The summed E-state index contributed by atoms with van der Waals surface area (Å²) in [6.45, 7) is 1.75. The molecule has 22 heavy (non-hydrogen) atoms. The number of amides is 1. The lowest BCUT2D eigenvalue weighted by Crippen LogP contribution is -2.22. The van der Waals surface area contributed by atoms with Crippen molar-refractivity contribution in [2.45, 2.75) is 17.2 Å². The van der Waals surface area contributed by atoms with Crippen LogP contribution in [-0.4, -0.2) is 21.1 Å². The van der Waals surface area contributed by atoms with E-state index in [1.54, 1.807) is 19.1 Å². The van der Waals surface area contributed by atoms with E-state index in [0.717, 1.165) is 25.7 Å². The second-order valence-corrected chi connectivity index (χ2v) is 7.05. The van der Waals surface area contributed by atoms with E-state index in [4.69, 9.17) is 5.73 Å². The van der Waals surface area contributed by atoms with Crippen LogP contribution in [0.3, 0.4) is 0 Å². The molecule has 7 heteroatoms. The number of primary amides is 1. The number of thiophene rings is 1. The Morgan fingerprint density at radius 3 is 2.73 bits per heavy atom. The van der Waals surface area contributed by atoms with Crippen molar-refractivity contribution in [2.24, 2.45) is 5.73 Å². The first-order valence-electron chi connectivity index (χ1n) is 6.51. The van der Waals surface area contributed by atoms with Gasteiger partial charge in [-0.05, 0) is 30.7 Å². The molecular weight excluding hydrogens is 321 g/mol. The molecule has 4 nitrogen and oxygen atoms in total. The fourth-order valence-corrected chi connectivity index (χ4v) is 3.94. The number of hydrogen-bond donors (Lipinski definition) is 1. The van der Waals surface area contributed by atoms with Gasteiger partial charge in [-0.25, -0.2) is 14.4 Å². The fourth-order valence-electron chi connectivity index (χ4n) is 1.90. The van der Waals surface area contributed by atoms with Gasteiger partial charge in [0.05, 0.1) is 15.5 Å². The summed E-state index contributed by atoms with van der Waals surface area (Å²) >= 11 is 2.83. The Bertz CT molecular complexity index is 832. The van der Waals surface area contributed by atoms with Gasteiger partial charge in [-0.15, -0.1) is 11.3 Å². The molecule has 1 amide bonds. The molecule has 112 valence electrons. The number of carbonyl (C=O) groups excluding carboxylic acids is 1. The predicted octanol–water partition coefficient (Wildman–Crippen LogP) is 3.46. The molecule has 1 aromatic carbocycles.